The van der Waals surface area contributed by atoms with Gasteiger partial charge in [-0.3, -0.25) is 0 Å². The predicted molar refractivity (Wildman–Crippen MR) is 52.7 cm³/mol. The molecule has 1 aromatic rings. The van der Waals surface area contributed by atoms with E-state index in [1.54, 1.807) is 6.07 Å². The van der Waals surface area contributed by atoms with Gasteiger partial charge in [-0.05, 0) is 31.7 Å². The zero-order chi connectivity index (χ0) is 9.97. The average Bonchev–Trinajstić information content (AvgIpc) is 2.97. The van der Waals surface area contributed by atoms with Gasteiger partial charge < -0.3 is 5.32 Å². The average molecular weight is 188 g/mol. The highest BCUT2D eigenvalue weighted by atomic mass is 15.1. The number of aryl methyl sites for hydroxylation is 1. The Morgan fingerprint density at radius 2 is 2.36 bits per heavy atom. The third-order valence-electron chi connectivity index (χ3n) is 2.21. The van der Waals surface area contributed by atoms with Crippen LogP contribution in [0.25, 0.3) is 0 Å². The Labute approximate surface area is 83.0 Å². The lowest BCUT2D eigenvalue weighted by Gasteiger charge is -2.03. The molecule has 4 nitrogen and oxygen atoms in total. The van der Waals surface area contributed by atoms with Crippen LogP contribution in [0.2, 0.25) is 0 Å². The summed E-state index contributed by atoms with van der Waals surface area (Å²) in [6.07, 6.45) is 2.59. The van der Waals surface area contributed by atoms with E-state index in [1.807, 2.05) is 13.0 Å². The largest absolute Gasteiger partial charge is 0.354 e. The summed E-state index contributed by atoms with van der Waals surface area (Å²) in [4.78, 5) is 8.28. The molecule has 0 unspecified atom stereocenters. The lowest BCUT2D eigenvalue weighted by Crippen LogP contribution is -2.08. The zero-order valence-corrected chi connectivity index (χ0v) is 8.12. The first-order valence-electron chi connectivity index (χ1n) is 4.77. The molecule has 0 saturated heterocycles. The molecule has 0 spiro atoms. The van der Waals surface area contributed by atoms with Crippen LogP contribution >= 0.6 is 0 Å². The van der Waals surface area contributed by atoms with Crippen LogP contribution in [-0.4, -0.2) is 16.5 Å². The molecule has 1 N–H and O–H groups in total. The summed E-state index contributed by atoms with van der Waals surface area (Å²) in [5.74, 6) is 1.36. The summed E-state index contributed by atoms with van der Waals surface area (Å²) >= 11 is 0. The van der Waals surface area contributed by atoms with Crippen molar-refractivity contribution in [2.24, 2.45) is 5.92 Å². The maximum Gasteiger partial charge on any atom is 0.224 e. The van der Waals surface area contributed by atoms with Gasteiger partial charge in [-0.1, -0.05) is 0 Å². The normalized spacial score (nSPS) is 14.9. The fourth-order valence-electron chi connectivity index (χ4n) is 1.26. The third-order valence-corrected chi connectivity index (χ3v) is 2.21. The van der Waals surface area contributed by atoms with Crippen LogP contribution in [0.4, 0.5) is 5.95 Å². The second-order valence-corrected chi connectivity index (χ2v) is 3.65. The standard InChI is InChI=1S/C10H12N4/c1-7-4-9(5-11)14-10(13-7)12-6-8-2-3-8/h4,8H,2-3,6H2,1H3,(H,12,13,14). The predicted octanol–water partition coefficient (Wildman–Crippen LogP) is 1.48. The quantitative estimate of drug-likeness (QED) is 0.780. The highest BCUT2D eigenvalue weighted by molar-refractivity contribution is 5.33. The maximum absolute atomic E-state index is 8.71. The monoisotopic (exact) mass is 188 g/mol. The van der Waals surface area contributed by atoms with Crippen LogP contribution in [0.5, 0.6) is 0 Å². The van der Waals surface area contributed by atoms with E-state index in [2.05, 4.69) is 15.3 Å². The van der Waals surface area contributed by atoms with E-state index in [0.29, 0.717) is 11.6 Å². The summed E-state index contributed by atoms with van der Waals surface area (Å²) in [6, 6.07) is 3.70. The van der Waals surface area contributed by atoms with Gasteiger partial charge in [-0.2, -0.15) is 5.26 Å². The van der Waals surface area contributed by atoms with Gasteiger partial charge in [-0.25, -0.2) is 9.97 Å². The van der Waals surface area contributed by atoms with Crippen molar-refractivity contribution in [1.29, 1.82) is 5.26 Å². The Bertz CT molecular complexity index is 376. The SMILES string of the molecule is Cc1cc(C#N)nc(NCC2CC2)n1. The van der Waals surface area contributed by atoms with Crippen molar-refractivity contribution in [2.45, 2.75) is 19.8 Å². The highest BCUT2D eigenvalue weighted by Gasteiger charge is 2.20. The zero-order valence-electron chi connectivity index (χ0n) is 8.12. The smallest absolute Gasteiger partial charge is 0.224 e. The molecule has 2 rings (SSSR count). The van der Waals surface area contributed by atoms with E-state index in [9.17, 15) is 0 Å². The summed E-state index contributed by atoms with van der Waals surface area (Å²) in [5, 5.41) is 11.9. The molecule has 72 valence electrons. The molecule has 1 saturated carbocycles. The summed E-state index contributed by atoms with van der Waals surface area (Å²) in [6.45, 7) is 2.79. The second-order valence-electron chi connectivity index (χ2n) is 3.65. The van der Waals surface area contributed by atoms with Gasteiger partial charge in [0.1, 0.15) is 11.8 Å². The summed E-state index contributed by atoms with van der Waals surface area (Å²) in [5.41, 5.74) is 1.26. The molecule has 14 heavy (non-hydrogen) atoms. The number of hydrogen-bond acceptors (Lipinski definition) is 4. The van der Waals surface area contributed by atoms with Crippen LogP contribution < -0.4 is 5.32 Å². The van der Waals surface area contributed by atoms with Gasteiger partial charge in [0.05, 0.1) is 0 Å². The van der Waals surface area contributed by atoms with Crippen LogP contribution in [-0.2, 0) is 0 Å². The van der Waals surface area contributed by atoms with Crippen molar-refractivity contribution in [3.8, 4) is 6.07 Å². The first kappa shape index (κ1) is 8.95. The Hall–Kier alpha value is -1.63. The molecule has 0 bridgehead atoms. The minimum atomic E-state index is 0.427. The highest BCUT2D eigenvalue weighted by Crippen LogP contribution is 2.28. The Morgan fingerprint density at radius 1 is 1.57 bits per heavy atom. The Balaban J connectivity index is 2.07. The number of hydrogen-bond donors (Lipinski definition) is 1. The van der Waals surface area contributed by atoms with E-state index in [0.717, 1.165) is 18.2 Å². The fraction of sp³-hybridized carbons (Fsp3) is 0.500. The lowest BCUT2D eigenvalue weighted by atomic mass is 10.3. The van der Waals surface area contributed by atoms with Crippen molar-refractivity contribution in [2.75, 3.05) is 11.9 Å². The van der Waals surface area contributed by atoms with Gasteiger partial charge in [-0.15, -0.1) is 0 Å². The topological polar surface area (TPSA) is 61.6 Å². The molecule has 1 aliphatic carbocycles. The van der Waals surface area contributed by atoms with Crippen molar-refractivity contribution in [1.82, 2.24) is 9.97 Å². The molecule has 1 fully saturated rings. The van der Waals surface area contributed by atoms with Crippen LogP contribution in [0.15, 0.2) is 6.07 Å². The molecular weight excluding hydrogens is 176 g/mol. The van der Waals surface area contributed by atoms with E-state index in [4.69, 9.17) is 5.26 Å². The molecule has 0 amide bonds. The second kappa shape index (κ2) is 3.62. The molecule has 1 aliphatic rings. The van der Waals surface area contributed by atoms with Gasteiger partial charge >= 0.3 is 0 Å². The molecule has 0 aliphatic heterocycles. The molecule has 1 aromatic heterocycles. The third kappa shape index (κ3) is 2.19. The maximum atomic E-state index is 8.71. The molecule has 4 heteroatoms. The minimum Gasteiger partial charge on any atom is -0.354 e. The van der Waals surface area contributed by atoms with Crippen LogP contribution in [0.1, 0.15) is 24.2 Å². The molecule has 0 atom stereocenters. The molecule has 0 aromatic carbocycles. The van der Waals surface area contributed by atoms with Crippen LogP contribution in [0, 0.1) is 24.2 Å². The lowest BCUT2D eigenvalue weighted by molar-refractivity contribution is 0.869. The van der Waals surface area contributed by atoms with E-state index < -0.39 is 0 Å². The van der Waals surface area contributed by atoms with Crippen molar-refractivity contribution >= 4 is 5.95 Å². The number of nitriles is 1. The van der Waals surface area contributed by atoms with E-state index >= 15 is 0 Å². The number of nitrogens with zero attached hydrogens (tertiary/aromatic N) is 3. The van der Waals surface area contributed by atoms with Gasteiger partial charge in [0, 0.05) is 12.2 Å². The van der Waals surface area contributed by atoms with Gasteiger partial charge in [0.2, 0.25) is 5.95 Å². The fourth-order valence-corrected chi connectivity index (χ4v) is 1.26. The molecular formula is C10H12N4. The van der Waals surface area contributed by atoms with Crippen molar-refractivity contribution in [3.63, 3.8) is 0 Å². The summed E-state index contributed by atoms with van der Waals surface area (Å²) in [7, 11) is 0. The Morgan fingerprint density at radius 3 is 3.00 bits per heavy atom. The summed E-state index contributed by atoms with van der Waals surface area (Å²) < 4.78 is 0. The molecule has 1 heterocycles. The molecule has 0 radical (unpaired) electrons. The van der Waals surface area contributed by atoms with Gasteiger partial charge in [0.15, 0.2) is 0 Å². The number of anilines is 1. The first-order chi connectivity index (χ1) is 6.78. The van der Waals surface area contributed by atoms with Crippen molar-refractivity contribution in [3.05, 3.63) is 17.5 Å². The minimum absolute atomic E-state index is 0.427. The first-order valence-corrected chi connectivity index (χ1v) is 4.77. The number of rotatable bonds is 3. The number of aromatic nitrogens is 2. The number of nitrogens with one attached hydrogen (secondary N) is 1. The Kier molecular flexibility index (Phi) is 2.32. The van der Waals surface area contributed by atoms with E-state index in [-0.39, 0.29) is 0 Å². The van der Waals surface area contributed by atoms with Gasteiger partial charge in [0.25, 0.3) is 0 Å². The van der Waals surface area contributed by atoms with Crippen molar-refractivity contribution < 1.29 is 0 Å². The van der Waals surface area contributed by atoms with Crippen LogP contribution in [0.3, 0.4) is 0 Å². The van der Waals surface area contributed by atoms with E-state index in [1.165, 1.54) is 12.8 Å².